The van der Waals surface area contributed by atoms with Crippen LogP contribution < -0.4 is 0 Å². The summed E-state index contributed by atoms with van der Waals surface area (Å²) in [6, 6.07) is 0. The standard InChI is InChI=1S/C49H86O5/c1-4-7-10-13-15-17-19-21-23-24-25-26-27-28-30-32-34-37-39-42-48(50)53-46-47(54-49(51)43-40-36-12-9-6-3)45-52-44-41-38-35-33-31-29-22-20-18-16-14-11-8-5-2/h8,11,15-18,21-23,29,47H,4-7,9-10,12-14,19-20,24-28,30-46H2,1-3H3/b11-8-,17-15-,18-16-,23-21-,29-22-. The van der Waals surface area contributed by atoms with Gasteiger partial charge in [-0.2, -0.15) is 0 Å². The second kappa shape index (κ2) is 45.0. The van der Waals surface area contributed by atoms with E-state index in [-0.39, 0.29) is 25.2 Å². The molecule has 312 valence electrons. The summed E-state index contributed by atoms with van der Waals surface area (Å²) in [5, 5.41) is 0. The van der Waals surface area contributed by atoms with E-state index in [1.54, 1.807) is 0 Å². The summed E-state index contributed by atoms with van der Waals surface area (Å²) in [4.78, 5) is 25.0. The summed E-state index contributed by atoms with van der Waals surface area (Å²) in [7, 11) is 0. The monoisotopic (exact) mass is 755 g/mol. The summed E-state index contributed by atoms with van der Waals surface area (Å²) in [6.45, 7) is 7.57. The lowest BCUT2D eigenvalue weighted by molar-refractivity contribution is -0.163. The van der Waals surface area contributed by atoms with E-state index in [9.17, 15) is 9.59 Å². The number of rotatable bonds is 41. The molecule has 0 radical (unpaired) electrons. The Bertz CT molecular complexity index is 946. The van der Waals surface area contributed by atoms with Gasteiger partial charge in [0.2, 0.25) is 0 Å². The van der Waals surface area contributed by atoms with Crippen LogP contribution in [0.15, 0.2) is 60.8 Å². The van der Waals surface area contributed by atoms with Crippen LogP contribution in [0.5, 0.6) is 0 Å². The van der Waals surface area contributed by atoms with Crippen molar-refractivity contribution in [2.75, 3.05) is 19.8 Å². The minimum atomic E-state index is -0.544. The smallest absolute Gasteiger partial charge is 0.306 e. The van der Waals surface area contributed by atoms with Gasteiger partial charge in [0.25, 0.3) is 0 Å². The number of ether oxygens (including phenoxy) is 3. The van der Waals surface area contributed by atoms with Crippen LogP contribution in [0, 0.1) is 0 Å². The molecule has 0 aromatic heterocycles. The fraction of sp³-hybridized carbons (Fsp3) is 0.755. The highest BCUT2D eigenvalue weighted by atomic mass is 16.6. The molecular formula is C49H86O5. The van der Waals surface area contributed by atoms with Crippen molar-refractivity contribution in [3.05, 3.63) is 60.8 Å². The number of hydrogen-bond acceptors (Lipinski definition) is 5. The van der Waals surface area contributed by atoms with Crippen LogP contribution in [-0.4, -0.2) is 37.9 Å². The quantitative estimate of drug-likeness (QED) is 0.0353. The third kappa shape index (κ3) is 42.3. The van der Waals surface area contributed by atoms with E-state index in [1.165, 1.54) is 103 Å². The highest BCUT2D eigenvalue weighted by Crippen LogP contribution is 2.13. The first-order valence-electron chi connectivity index (χ1n) is 22.8. The maximum atomic E-state index is 12.5. The Morgan fingerprint density at radius 3 is 1.37 bits per heavy atom. The van der Waals surface area contributed by atoms with Crippen LogP contribution >= 0.6 is 0 Å². The zero-order valence-electron chi connectivity index (χ0n) is 35.7. The van der Waals surface area contributed by atoms with Gasteiger partial charge in [-0.25, -0.2) is 0 Å². The molecule has 1 atom stereocenters. The Hall–Kier alpha value is -2.40. The molecule has 0 rings (SSSR count). The molecule has 0 aliphatic carbocycles. The van der Waals surface area contributed by atoms with Crippen LogP contribution in [0.2, 0.25) is 0 Å². The lowest BCUT2D eigenvalue weighted by Gasteiger charge is -2.18. The molecule has 0 aromatic carbocycles. The molecule has 54 heavy (non-hydrogen) atoms. The zero-order valence-corrected chi connectivity index (χ0v) is 35.7. The first kappa shape index (κ1) is 51.6. The Labute approximate surface area is 334 Å². The molecule has 0 bridgehead atoms. The van der Waals surface area contributed by atoms with Gasteiger partial charge in [-0.05, 0) is 83.5 Å². The summed E-state index contributed by atoms with van der Waals surface area (Å²) in [5.41, 5.74) is 0. The average molecular weight is 755 g/mol. The van der Waals surface area contributed by atoms with E-state index in [4.69, 9.17) is 14.2 Å². The second-order valence-corrected chi connectivity index (χ2v) is 14.9. The summed E-state index contributed by atoms with van der Waals surface area (Å²) in [6.07, 6.45) is 55.3. The van der Waals surface area contributed by atoms with Gasteiger partial charge >= 0.3 is 11.9 Å². The maximum Gasteiger partial charge on any atom is 0.306 e. The van der Waals surface area contributed by atoms with E-state index in [0.717, 1.165) is 77.0 Å². The Morgan fingerprint density at radius 1 is 0.426 bits per heavy atom. The number of hydrogen-bond donors (Lipinski definition) is 0. The van der Waals surface area contributed by atoms with Gasteiger partial charge in [-0.1, -0.05) is 178 Å². The van der Waals surface area contributed by atoms with Crippen molar-refractivity contribution in [2.45, 2.75) is 219 Å². The minimum absolute atomic E-state index is 0.0728. The van der Waals surface area contributed by atoms with Crippen LogP contribution in [0.25, 0.3) is 0 Å². The van der Waals surface area contributed by atoms with Gasteiger partial charge in [0.1, 0.15) is 6.61 Å². The predicted octanol–water partition coefficient (Wildman–Crippen LogP) is 15.0. The minimum Gasteiger partial charge on any atom is -0.462 e. The largest absolute Gasteiger partial charge is 0.462 e. The van der Waals surface area contributed by atoms with E-state index in [1.807, 2.05) is 0 Å². The predicted molar refractivity (Wildman–Crippen MR) is 233 cm³/mol. The van der Waals surface area contributed by atoms with Gasteiger partial charge < -0.3 is 14.2 Å². The first-order valence-corrected chi connectivity index (χ1v) is 22.8. The van der Waals surface area contributed by atoms with Gasteiger partial charge in [0.15, 0.2) is 6.10 Å². The normalized spacial score (nSPS) is 12.7. The molecule has 0 heterocycles. The molecule has 0 aliphatic heterocycles. The fourth-order valence-electron chi connectivity index (χ4n) is 6.14. The SMILES string of the molecule is CC/C=C\C/C=C\C/C=C\CCCCCCOCC(COC(=O)CCCCCCCCCCC/C=C\C/C=C\CCCCC)OC(=O)CCCCCCC. The van der Waals surface area contributed by atoms with Gasteiger partial charge in [-0.3, -0.25) is 9.59 Å². The number of unbranched alkanes of at least 4 members (excludes halogenated alkanes) is 20. The van der Waals surface area contributed by atoms with Crippen LogP contribution in [0.4, 0.5) is 0 Å². The number of carbonyl (C=O) groups is 2. The third-order valence-corrected chi connectivity index (χ3v) is 9.54. The van der Waals surface area contributed by atoms with Crippen LogP contribution in [0.1, 0.15) is 213 Å². The number of allylic oxidation sites excluding steroid dienone is 10. The third-order valence-electron chi connectivity index (χ3n) is 9.54. The number of esters is 2. The summed E-state index contributed by atoms with van der Waals surface area (Å²) >= 11 is 0. The average Bonchev–Trinajstić information content (AvgIpc) is 3.17. The molecular weight excluding hydrogens is 669 g/mol. The Morgan fingerprint density at radius 2 is 0.833 bits per heavy atom. The molecule has 0 saturated carbocycles. The van der Waals surface area contributed by atoms with Gasteiger partial charge in [0, 0.05) is 19.4 Å². The van der Waals surface area contributed by atoms with Gasteiger partial charge in [-0.15, -0.1) is 0 Å². The van der Waals surface area contributed by atoms with Crippen molar-refractivity contribution in [3.63, 3.8) is 0 Å². The van der Waals surface area contributed by atoms with Crippen molar-refractivity contribution >= 4 is 11.9 Å². The summed E-state index contributed by atoms with van der Waals surface area (Å²) in [5.74, 6) is -0.428. The first-order chi connectivity index (χ1) is 26.6. The van der Waals surface area contributed by atoms with Crippen molar-refractivity contribution in [3.8, 4) is 0 Å². The van der Waals surface area contributed by atoms with Crippen LogP contribution in [-0.2, 0) is 23.8 Å². The van der Waals surface area contributed by atoms with Crippen molar-refractivity contribution in [2.24, 2.45) is 0 Å². The van der Waals surface area contributed by atoms with Gasteiger partial charge in [0.05, 0.1) is 6.61 Å². The fourth-order valence-corrected chi connectivity index (χ4v) is 6.14. The molecule has 0 aromatic rings. The van der Waals surface area contributed by atoms with Crippen molar-refractivity contribution < 1.29 is 23.8 Å². The highest BCUT2D eigenvalue weighted by molar-refractivity contribution is 5.70. The number of carbonyl (C=O) groups excluding carboxylic acids is 2. The van der Waals surface area contributed by atoms with E-state index >= 15 is 0 Å². The van der Waals surface area contributed by atoms with E-state index in [2.05, 4.69) is 81.5 Å². The molecule has 5 nitrogen and oxygen atoms in total. The zero-order chi connectivity index (χ0) is 39.3. The molecule has 5 heteroatoms. The Balaban J connectivity index is 4.07. The lowest BCUT2D eigenvalue weighted by Crippen LogP contribution is -2.30. The van der Waals surface area contributed by atoms with E-state index < -0.39 is 6.10 Å². The Kier molecular flexibility index (Phi) is 43.0. The van der Waals surface area contributed by atoms with Crippen LogP contribution in [0.3, 0.4) is 0 Å². The maximum absolute atomic E-state index is 12.5. The molecule has 0 aliphatic rings. The molecule has 1 unspecified atom stereocenters. The topological polar surface area (TPSA) is 61.8 Å². The molecule has 0 N–H and O–H groups in total. The van der Waals surface area contributed by atoms with Crippen molar-refractivity contribution in [1.82, 2.24) is 0 Å². The second-order valence-electron chi connectivity index (χ2n) is 14.9. The molecule has 0 spiro atoms. The van der Waals surface area contributed by atoms with E-state index in [0.29, 0.717) is 19.4 Å². The highest BCUT2D eigenvalue weighted by Gasteiger charge is 2.17. The molecule has 0 fully saturated rings. The molecule has 0 saturated heterocycles. The van der Waals surface area contributed by atoms with Crippen molar-refractivity contribution in [1.29, 1.82) is 0 Å². The molecule has 0 amide bonds. The lowest BCUT2D eigenvalue weighted by atomic mass is 10.1. The summed E-state index contributed by atoms with van der Waals surface area (Å²) < 4.78 is 17.2.